The third-order valence-corrected chi connectivity index (χ3v) is 5.57. The van der Waals surface area contributed by atoms with Crippen molar-refractivity contribution in [2.75, 3.05) is 18.6 Å². The molecule has 1 rings (SSSR count). The molecule has 0 aromatic heterocycles. The Labute approximate surface area is 158 Å². The summed E-state index contributed by atoms with van der Waals surface area (Å²) in [5, 5.41) is 9.56. The highest BCUT2D eigenvalue weighted by Gasteiger charge is 2.31. The normalized spacial score (nSPS) is 13.0. The minimum Gasteiger partial charge on any atom is -0.467 e. The van der Waals surface area contributed by atoms with Crippen molar-refractivity contribution in [1.82, 2.24) is 4.90 Å². The Balaban J connectivity index is 2.71. The van der Waals surface area contributed by atoms with Crippen molar-refractivity contribution in [2.24, 2.45) is 0 Å². The van der Waals surface area contributed by atoms with E-state index in [-0.39, 0.29) is 18.7 Å². The molecule has 7 heteroatoms. The molecule has 1 unspecified atom stereocenters. The highest BCUT2D eigenvalue weighted by Crippen LogP contribution is 2.14. The lowest BCUT2D eigenvalue weighted by atomic mass is 10.1. The molecular weight excluding hydrogens is 354 g/mol. The van der Waals surface area contributed by atoms with Crippen LogP contribution in [0, 0.1) is 0 Å². The van der Waals surface area contributed by atoms with E-state index in [1.165, 1.54) is 7.11 Å². The average molecular weight is 384 g/mol. The number of carbonyl (C=O) groups excluding carboxylic acids is 1. The second kappa shape index (κ2) is 12.5. The lowest BCUT2D eigenvalue weighted by Gasteiger charge is -2.27. The van der Waals surface area contributed by atoms with Crippen molar-refractivity contribution in [3.05, 3.63) is 35.9 Å². The van der Waals surface area contributed by atoms with Crippen LogP contribution in [0.4, 0.5) is 4.79 Å². The summed E-state index contributed by atoms with van der Waals surface area (Å²) in [6.07, 6.45) is 3.15. The zero-order valence-corrected chi connectivity index (χ0v) is 16.4. The maximum Gasteiger partial charge on any atom is 0.408 e. The zero-order valence-electron chi connectivity index (χ0n) is 15.6. The summed E-state index contributed by atoms with van der Waals surface area (Å²) in [6, 6.07) is 8.11. The standard InChI is InChI=1S/C19H29NO5S/c1-3-4-5-9-13-26(24)14-12-17(18(21)25-2)20(19(22)23)15-16-10-7-6-8-11-16/h6-8,10-11,17H,3-5,9,12-15H2,1-2H3,(H,22,23)/t17-,26?/m0/s1. The quantitative estimate of drug-likeness (QED) is 0.442. The molecule has 0 radical (unpaired) electrons. The number of amides is 1. The number of benzene rings is 1. The number of ether oxygens (including phenoxy) is 1. The fourth-order valence-corrected chi connectivity index (χ4v) is 3.88. The van der Waals surface area contributed by atoms with Crippen LogP contribution in [0.5, 0.6) is 0 Å². The molecule has 1 aromatic carbocycles. The molecular formula is C19H29NO5S. The number of unbranched alkanes of at least 4 members (excludes halogenated alkanes) is 3. The van der Waals surface area contributed by atoms with Crippen LogP contribution in [-0.2, 0) is 26.9 Å². The molecule has 1 aromatic rings. The molecule has 0 spiro atoms. The van der Waals surface area contributed by atoms with Gasteiger partial charge in [0.1, 0.15) is 6.04 Å². The van der Waals surface area contributed by atoms with E-state index in [0.29, 0.717) is 5.75 Å². The van der Waals surface area contributed by atoms with Gasteiger partial charge in [-0.25, -0.2) is 9.59 Å². The first-order valence-corrected chi connectivity index (χ1v) is 10.4. The number of carboxylic acid groups (broad SMARTS) is 1. The van der Waals surface area contributed by atoms with E-state index in [2.05, 4.69) is 6.92 Å². The Morgan fingerprint density at radius 2 is 1.85 bits per heavy atom. The average Bonchev–Trinajstić information content (AvgIpc) is 2.64. The molecule has 2 atom stereocenters. The highest BCUT2D eigenvalue weighted by molar-refractivity contribution is 7.84. The van der Waals surface area contributed by atoms with Gasteiger partial charge in [-0.3, -0.25) is 9.11 Å². The summed E-state index contributed by atoms with van der Waals surface area (Å²) in [7, 11) is 0.169. The van der Waals surface area contributed by atoms with E-state index >= 15 is 0 Å². The summed E-state index contributed by atoms with van der Waals surface area (Å²) in [6.45, 7) is 2.20. The van der Waals surface area contributed by atoms with Gasteiger partial charge in [0.15, 0.2) is 0 Å². The van der Waals surface area contributed by atoms with Crippen molar-refractivity contribution >= 4 is 22.9 Å². The number of methoxy groups -OCH3 is 1. The maximum absolute atomic E-state index is 12.2. The predicted octanol–water partition coefficient (Wildman–Crippen LogP) is 3.43. The first kappa shape index (κ1) is 22.2. The smallest absolute Gasteiger partial charge is 0.408 e. The van der Waals surface area contributed by atoms with E-state index in [1.807, 2.05) is 18.2 Å². The Morgan fingerprint density at radius 3 is 2.42 bits per heavy atom. The van der Waals surface area contributed by atoms with E-state index in [0.717, 1.165) is 36.1 Å². The molecule has 0 aliphatic carbocycles. The van der Waals surface area contributed by atoms with Crippen LogP contribution in [0.3, 0.4) is 0 Å². The Hall–Kier alpha value is -1.89. The Bertz CT molecular complexity index is 579. The van der Waals surface area contributed by atoms with Crippen molar-refractivity contribution in [3.8, 4) is 0 Å². The number of hydrogen-bond donors (Lipinski definition) is 1. The van der Waals surface area contributed by atoms with Gasteiger partial charge in [-0.2, -0.15) is 0 Å². The molecule has 0 heterocycles. The molecule has 0 bridgehead atoms. The summed E-state index contributed by atoms with van der Waals surface area (Å²) >= 11 is 0. The first-order chi connectivity index (χ1) is 12.5. The molecule has 26 heavy (non-hydrogen) atoms. The van der Waals surface area contributed by atoms with E-state index in [4.69, 9.17) is 4.74 Å². The van der Waals surface area contributed by atoms with Crippen molar-refractivity contribution in [3.63, 3.8) is 0 Å². The Morgan fingerprint density at radius 1 is 1.15 bits per heavy atom. The van der Waals surface area contributed by atoms with Crippen molar-refractivity contribution in [2.45, 2.75) is 51.6 Å². The second-order valence-electron chi connectivity index (χ2n) is 6.13. The summed E-state index contributed by atoms with van der Waals surface area (Å²) in [5.41, 5.74) is 0.782. The fourth-order valence-electron chi connectivity index (χ4n) is 2.66. The maximum atomic E-state index is 12.2. The van der Waals surface area contributed by atoms with E-state index in [1.54, 1.807) is 12.1 Å². The van der Waals surface area contributed by atoms with Gasteiger partial charge in [0.2, 0.25) is 0 Å². The highest BCUT2D eigenvalue weighted by atomic mass is 32.2. The number of rotatable bonds is 12. The molecule has 6 nitrogen and oxygen atoms in total. The molecule has 0 saturated heterocycles. The van der Waals surface area contributed by atoms with Gasteiger partial charge in [-0.1, -0.05) is 56.5 Å². The minimum atomic E-state index is -1.20. The number of nitrogens with zero attached hydrogens (tertiary/aromatic N) is 1. The van der Waals surface area contributed by atoms with E-state index < -0.39 is 28.9 Å². The topological polar surface area (TPSA) is 83.9 Å². The molecule has 1 amide bonds. The number of hydrogen-bond acceptors (Lipinski definition) is 4. The summed E-state index contributed by atoms with van der Waals surface area (Å²) in [5.74, 6) is 0.246. The van der Waals surface area contributed by atoms with Gasteiger partial charge in [0, 0.05) is 28.9 Å². The first-order valence-electron chi connectivity index (χ1n) is 8.95. The molecule has 146 valence electrons. The van der Waals surface area contributed by atoms with Crippen LogP contribution in [-0.4, -0.2) is 50.9 Å². The second-order valence-corrected chi connectivity index (χ2v) is 7.83. The largest absolute Gasteiger partial charge is 0.467 e. The van der Waals surface area contributed by atoms with Gasteiger partial charge in [0.25, 0.3) is 0 Å². The molecule has 1 N–H and O–H groups in total. The lowest BCUT2D eigenvalue weighted by Crippen LogP contribution is -2.45. The third-order valence-electron chi connectivity index (χ3n) is 4.14. The molecule has 0 fully saturated rings. The summed E-state index contributed by atoms with van der Waals surface area (Å²) in [4.78, 5) is 24.9. The third kappa shape index (κ3) is 7.99. The van der Waals surface area contributed by atoms with Crippen LogP contribution < -0.4 is 0 Å². The van der Waals surface area contributed by atoms with Crippen LogP contribution in [0.15, 0.2) is 30.3 Å². The van der Waals surface area contributed by atoms with Gasteiger partial charge in [-0.15, -0.1) is 0 Å². The Kier molecular flexibility index (Phi) is 10.6. The molecule has 0 aliphatic rings. The van der Waals surface area contributed by atoms with Crippen LogP contribution in [0.2, 0.25) is 0 Å². The van der Waals surface area contributed by atoms with Crippen molar-refractivity contribution in [1.29, 1.82) is 0 Å². The van der Waals surface area contributed by atoms with Gasteiger partial charge in [-0.05, 0) is 18.4 Å². The predicted molar refractivity (Wildman–Crippen MR) is 102 cm³/mol. The van der Waals surface area contributed by atoms with Gasteiger partial charge in [0.05, 0.1) is 7.11 Å². The zero-order chi connectivity index (χ0) is 19.4. The van der Waals surface area contributed by atoms with Crippen molar-refractivity contribution < 1.29 is 23.6 Å². The SMILES string of the molecule is CCCCCCS(=O)CC[C@@H](C(=O)OC)N(Cc1ccccc1)C(=O)O. The van der Waals surface area contributed by atoms with E-state index in [9.17, 15) is 18.9 Å². The monoisotopic (exact) mass is 383 g/mol. The van der Waals surface area contributed by atoms with Crippen LogP contribution >= 0.6 is 0 Å². The number of esters is 1. The molecule has 0 saturated carbocycles. The van der Waals surface area contributed by atoms with Crippen LogP contribution in [0.1, 0.15) is 44.6 Å². The number of carbonyl (C=O) groups is 2. The molecule has 0 aliphatic heterocycles. The van der Waals surface area contributed by atoms with Gasteiger partial charge >= 0.3 is 12.1 Å². The lowest BCUT2D eigenvalue weighted by molar-refractivity contribution is -0.146. The minimum absolute atomic E-state index is 0.0824. The fraction of sp³-hybridized carbons (Fsp3) is 0.579. The van der Waals surface area contributed by atoms with Gasteiger partial charge < -0.3 is 9.84 Å². The van der Waals surface area contributed by atoms with Crippen LogP contribution in [0.25, 0.3) is 0 Å². The summed E-state index contributed by atoms with van der Waals surface area (Å²) < 4.78 is 16.9.